The van der Waals surface area contributed by atoms with E-state index in [0.29, 0.717) is 19.5 Å². The van der Waals surface area contributed by atoms with Crippen molar-refractivity contribution in [3.63, 3.8) is 0 Å². The van der Waals surface area contributed by atoms with Crippen LogP contribution in [0.4, 0.5) is 4.79 Å². The highest BCUT2D eigenvalue weighted by molar-refractivity contribution is 5.86. The van der Waals surface area contributed by atoms with E-state index in [1.54, 1.807) is 17.3 Å². The maximum atomic E-state index is 13.3. The van der Waals surface area contributed by atoms with E-state index in [1.165, 1.54) is 0 Å². The minimum absolute atomic E-state index is 0.0508. The molecular formula is C20H29N3O3. The van der Waals surface area contributed by atoms with Gasteiger partial charge in [-0.3, -0.25) is 14.7 Å². The summed E-state index contributed by atoms with van der Waals surface area (Å²) in [6, 6.07) is 3.75. The maximum Gasteiger partial charge on any atom is 0.410 e. The average molecular weight is 359 g/mol. The number of piperidine rings is 1. The van der Waals surface area contributed by atoms with E-state index >= 15 is 0 Å². The molecule has 1 saturated heterocycles. The first kappa shape index (κ1) is 18.7. The molecule has 0 bridgehead atoms. The summed E-state index contributed by atoms with van der Waals surface area (Å²) in [6.07, 6.45) is 7.77. The number of aromatic nitrogens is 1. The van der Waals surface area contributed by atoms with Crippen LogP contribution < -0.4 is 0 Å². The fourth-order valence-electron chi connectivity index (χ4n) is 3.38. The Balaban J connectivity index is 1.74. The summed E-state index contributed by atoms with van der Waals surface area (Å²) in [6.45, 7) is 6.71. The predicted octanol–water partition coefficient (Wildman–Crippen LogP) is 3.36. The number of ether oxygens (including phenoxy) is 1. The van der Waals surface area contributed by atoms with Crippen LogP contribution in [0.1, 0.15) is 58.4 Å². The number of likely N-dealkylation sites (tertiary alicyclic amines) is 1. The highest BCUT2D eigenvalue weighted by atomic mass is 16.6. The topological polar surface area (TPSA) is 62.7 Å². The monoisotopic (exact) mass is 359 g/mol. The number of carbonyl (C=O) groups is 2. The Hall–Kier alpha value is -2.11. The summed E-state index contributed by atoms with van der Waals surface area (Å²) in [5, 5.41) is 0. The van der Waals surface area contributed by atoms with E-state index in [9.17, 15) is 9.59 Å². The van der Waals surface area contributed by atoms with Crippen LogP contribution in [-0.4, -0.2) is 51.0 Å². The molecular weight excluding hydrogens is 330 g/mol. The lowest BCUT2D eigenvalue weighted by atomic mass is 10.0. The second-order valence-corrected chi connectivity index (χ2v) is 8.24. The zero-order valence-corrected chi connectivity index (χ0v) is 16.0. The maximum absolute atomic E-state index is 13.3. The van der Waals surface area contributed by atoms with Gasteiger partial charge in [0.1, 0.15) is 11.6 Å². The summed E-state index contributed by atoms with van der Waals surface area (Å²) in [7, 11) is 0. The summed E-state index contributed by atoms with van der Waals surface area (Å²) in [4.78, 5) is 33.6. The Morgan fingerprint density at radius 1 is 1.19 bits per heavy atom. The van der Waals surface area contributed by atoms with Gasteiger partial charge in [0.25, 0.3) is 0 Å². The van der Waals surface area contributed by atoms with Gasteiger partial charge in [0, 0.05) is 31.5 Å². The van der Waals surface area contributed by atoms with E-state index in [4.69, 9.17) is 4.74 Å². The van der Waals surface area contributed by atoms with Crippen LogP contribution in [0.25, 0.3) is 0 Å². The Labute approximate surface area is 155 Å². The molecule has 2 heterocycles. The van der Waals surface area contributed by atoms with Crippen molar-refractivity contribution in [3.8, 4) is 0 Å². The predicted molar refractivity (Wildman–Crippen MR) is 98.4 cm³/mol. The number of nitrogens with zero attached hydrogens (tertiary/aromatic N) is 3. The number of amides is 2. The molecule has 2 amide bonds. The van der Waals surface area contributed by atoms with Gasteiger partial charge in [-0.15, -0.1) is 0 Å². The lowest BCUT2D eigenvalue weighted by Gasteiger charge is -2.38. The zero-order chi connectivity index (χ0) is 18.7. The smallest absolute Gasteiger partial charge is 0.410 e. The minimum atomic E-state index is -0.560. The largest absolute Gasteiger partial charge is 0.444 e. The zero-order valence-electron chi connectivity index (χ0n) is 16.0. The van der Waals surface area contributed by atoms with Gasteiger partial charge in [-0.2, -0.15) is 0 Å². The van der Waals surface area contributed by atoms with Crippen molar-refractivity contribution in [1.82, 2.24) is 14.8 Å². The molecule has 142 valence electrons. The van der Waals surface area contributed by atoms with Gasteiger partial charge in [0.2, 0.25) is 5.91 Å². The van der Waals surface area contributed by atoms with Gasteiger partial charge < -0.3 is 9.64 Å². The molecule has 2 fully saturated rings. The first-order valence-electron chi connectivity index (χ1n) is 9.54. The summed E-state index contributed by atoms with van der Waals surface area (Å²) in [5.41, 5.74) is 0.509. The quantitative estimate of drug-likeness (QED) is 0.827. The second kappa shape index (κ2) is 7.64. The lowest BCUT2D eigenvalue weighted by molar-refractivity contribution is -0.139. The van der Waals surface area contributed by atoms with Crippen LogP contribution in [0.15, 0.2) is 24.5 Å². The van der Waals surface area contributed by atoms with Crippen LogP contribution in [0, 0.1) is 0 Å². The fourth-order valence-corrected chi connectivity index (χ4v) is 3.38. The van der Waals surface area contributed by atoms with Crippen molar-refractivity contribution < 1.29 is 14.3 Å². The number of carbonyl (C=O) groups excluding carboxylic acids is 2. The molecule has 0 aromatic carbocycles. The normalized spacial score (nSPS) is 20.6. The Morgan fingerprint density at radius 2 is 1.88 bits per heavy atom. The molecule has 3 rings (SSSR count). The molecule has 0 N–H and O–H groups in total. The molecule has 0 spiro atoms. The van der Waals surface area contributed by atoms with Crippen molar-refractivity contribution >= 4 is 12.0 Å². The lowest BCUT2D eigenvalue weighted by Crippen LogP contribution is -2.54. The minimum Gasteiger partial charge on any atom is -0.444 e. The molecule has 1 aliphatic carbocycles. The summed E-state index contributed by atoms with van der Waals surface area (Å²) < 4.78 is 5.54. The third kappa shape index (κ3) is 4.74. The first-order chi connectivity index (χ1) is 12.3. The van der Waals surface area contributed by atoms with Crippen molar-refractivity contribution in [1.29, 1.82) is 0 Å². The fraction of sp³-hybridized carbons (Fsp3) is 0.650. The Bertz CT molecular complexity index is 637. The van der Waals surface area contributed by atoms with Crippen LogP contribution >= 0.6 is 0 Å². The van der Waals surface area contributed by atoms with Crippen LogP contribution in [-0.2, 0) is 16.1 Å². The van der Waals surface area contributed by atoms with Gasteiger partial charge in [-0.1, -0.05) is 0 Å². The van der Waals surface area contributed by atoms with Gasteiger partial charge in [0.15, 0.2) is 0 Å². The van der Waals surface area contributed by atoms with Gasteiger partial charge >= 0.3 is 6.09 Å². The third-order valence-electron chi connectivity index (χ3n) is 4.79. The molecule has 1 aromatic rings. The van der Waals surface area contributed by atoms with E-state index in [0.717, 1.165) is 31.2 Å². The van der Waals surface area contributed by atoms with Gasteiger partial charge in [0.05, 0.1) is 0 Å². The molecule has 0 unspecified atom stereocenters. The Morgan fingerprint density at radius 3 is 2.50 bits per heavy atom. The molecule has 0 radical (unpaired) electrons. The molecule has 1 aliphatic heterocycles. The van der Waals surface area contributed by atoms with Gasteiger partial charge in [-0.05, 0) is 70.6 Å². The second-order valence-electron chi connectivity index (χ2n) is 8.24. The highest BCUT2D eigenvalue weighted by Crippen LogP contribution is 2.31. The summed E-state index contributed by atoms with van der Waals surface area (Å²) >= 11 is 0. The number of pyridine rings is 1. The molecule has 6 nitrogen and oxygen atoms in total. The molecule has 2 aliphatic rings. The molecule has 1 saturated carbocycles. The van der Waals surface area contributed by atoms with E-state index in [-0.39, 0.29) is 18.0 Å². The number of hydrogen-bond donors (Lipinski definition) is 0. The summed E-state index contributed by atoms with van der Waals surface area (Å²) in [5.74, 6) is 0.0508. The molecule has 1 aromatic heterocycles. The van der Waals surface area contributed by atoms with E-state index < -0.39 is 11.6 Å². The van der Waals surface area contributed by atoms with Crippen LogP contribution in [0.2, 0.25) is 0 Å². The van der Waals surface area contributed by atoms with Crippen LogP contribution in [0.3, 0.4) is 0 Å². The van der Waals surface area contributed by atoms with Crippen molar-refractivity contribution in [2.75, 3.05) is 6.54 Å². The van der Waals surface area contributed by atoms with Crippen LogP contribution in [0.5, 0.6) is 0 Å². The standard InChI is InChI=1S/C20H29N3O3/c1-20(2,3)26-19(25)22-13-5-4-6-17(22)18(24)23(16-7-8-16)14-15-9-11-21-12-10-15/h9-12,16-17H,4-8,13-14H2,1-3H3/t17-/m0/s1. The molecule has 1 atom stereocenters. The first-order valence-corrected chi connectivity index (χ1v) is 9.54. The molecule has 26 heavy (non-hydrogen) atoms. The Kier molecular flexibility index (Phi) is 5.49. The van der Waals surface area contributed by atoms with Crippen molar-refractivity contribution in [3.05, 3.63) is 30.1 Å². The van der Waals surface area contributed by atoms with Gasteiger partial charge in [-0.25, -0.2) is 4.79 Å². The van der Waals surface area contributed by atoms with E-state index in [2.05, 4.69) is 4.98 Å². The number of rotatable bonds is 4. The highest BCUT2D eigenvalue weighted by Gasteiger charge is 2.41. The SMILES string of the molecule is CC(C)(C)OC(=O)N1CCCC[C@H]1C(=O)N(Cc1ccncc1)C1CC1. The average Bonchev–Trinajstić information content (AvgIpc) is 3.43. The van der Waals surface area contributed by atoms with E-state index in [1.807, 2.05) is 37.8 Å². The number of hydrogen-bond acceptors (Lipinski definition) is 4. The molecule has 6 heteroatoms. The third-order valence-corrected chi connectivity index (χ3v) is 4.79. The van der Waals surface area contributed by atoms with Crippen molar-refractivity contribution in [2.24, 2.45) is 0 Å². The van der Waals surface area contributed by atoms with Crippen molar-refractivity contribution in [2.45, 2.75) is 77.1 Å².